The van der Waals surface area contributed by atoms with Crippen LogP contribution in [0, 0.1) is 11.8 Å². The first-order valence-electron chi connectivity index (χ1n) is 5.89. The molecule has 0 fully saturated rings. The minimum atomic E-state index is -3.64. The first kappa shape index (κ1) is 16.2. The Morgan fingerprint density at radius 1 is 1.35 bits per heavy atom. The number of sulfonamides is 1. The van der Waals surface area contributed by atoms with E-state index in [2.05, 4.69) is 21.9 Å². The molecule has 0 atom stereocenters. The van der Waals surface area contributed by atoms with Crippen LogP contribution in [0.15, 0.2) is 29.2 Å². The molecule has 1 aromatic carbocycles. The number of carbonyl (C=O) groups is 1. The Morgan fingerprint density at radius 2 is 2.10 bits per heavy atom. The van der Waals surface area contributed by atoms with Crippen molar-refractivity contribution in [2.75, 3.05) is 19.7 Å². The molecule has 0 saturated heterocycles. The van der Waals surface area contributed by atoms with E-state index in [9.17, 15) is 13.2 Å². The Hall–Kier alpha value is -1.88. The van der Waals surface area contributed by atoms with Gasteiger partial charge in [0.1, 0.15) is 6.61 Å². The molecule has 108 valence electrons. The number of aliphatic hydroxyl groups excluding tert-OH is 1. The van der Waals surface area contributed by atoms with Gasteiger partial charge in [0.25, 0.3) is 0 Å². The van der Waals surface area contributed by atoms with Gasteiger partial charge in [-0.2, -0.15) is 0 Å². The zero-order valence-corrected chi connectivity index (χ0v) is 11.8. The predicted octanol–water partition coefficient (Wildman–Crippen LogP) is -0.555. The van der Waals surface area contributed by atoms with Gasteiger partial charge in [0, 0.05) is 25.6 Å². The van der Waals surface area contributed by atoms with E-state index in [0.717, 1.165) is 0 Å². The summed E-state index contributed by atoms with van der Waals surface area (Å²) >= 11 is 0. The monoisotopic (exact) mass is 296 g/mol. The molecule has 0 radical (unpaired) electrons. The topological polar surface area (TPSA) is 95.5 Å². The molecule has 0 spiro atoms. The highest BCUT2D eigenvalue weighted by Gasteiger charge is 2.13. The van der Waals surface area contributed by atoms with Crippen LogP contribution in [0.1, 0.15) is 12.5 Å². The molecule has 0 aromatic heterocycles. The van der Waals surface area contributed by atoms with E-state index >= 15 is 0 Å². The maximum Gasteiger partial charge on any atom is 0.240 e. The van der Waals surface area contributed by atoms with Gasteiger partial charge in [0.2, 0.25) is 15.9 Å². The molecule has 0 bridgehead atoms. The minimum absolute atomic E-state index is 0.0880. The van der Waals surface area contributed by atoms with Gasteiger partial charge in [0.15, 0.2) is 0 Å². The van der Waals surface area contributed by atoms with Crippen LogP contribution in [-0.4, -0.2) is 39.1 Å². The average Bonchev–Trinajstić information content (AvgIpc) is 2.41. The Balaban J connectivity index is 2.74. The molecule has 0 saturated carbocycles. The zero-order chi connectivity index (χ0) is 15.0. The zero-order valence-electron chi connectivity index (χ0n) is 11.0. The maximum absolute atomic E-state index is 12.0. The van der Waals surface area contributed by atoms with Crippen LogP contribution in [0.3, 0.4) is 0 Å². The number of benzene rings is 1. The van der Waals surface area contributed by atoms with Gasteiger partial charge in [-0.05, 0) is 18.2 Å². The Morgan fingerprint density at radius 3 is 2.75 bits per heavy atom. The van der Waals surface area contributed by atoms with Crippen LogP contribution >= 0.6 is 0 Å². The van der Waals surface area contributed by atoms with Crippen LogP contribution in [0.5, 0.6) is 0 Å². The summed E-state index contributed by atoms with van der Waals surface area (Å²) in [5, 5.41) is 11.1. The molecule has 3 N–H and O–H groups in total. The summed E-state index contributed by atoms with van der Waals surface area (Å²) in [4.78, 5) is 10.7. The maximum atomic E-state index is 12.0. The van der Waals surface area contributed by atoms with Crippen molar-refractivity contribution in [3.63, 3.8) is 0 Å². The minimum Gasteiger partial charge on any atom is -0.384 e. The quantitative estimate of drug-likeness (QED) is 0.501. The molecule has 0 heterocycles. The molecule has 0 aliphatic carbocycles. The first-order valence-corrected chi connectivity index (χ1v) is 7.38. The summed E-state index contributed by atoms with van der Waals surface area (Å²) in [5.41, 5.74) is 0.504. The van der Waals surface area contributed by atoms with Gasteiger partial charge in [-0.1, -0.05) is 17.9 Å². The lowest BCUT2D eigenvalue weighted by atomic mass is 10.2. The molecule has 0 unspecified atom stereocenters. The van der Waals surface area contributed by atoms with Gasteiger partial charge >= 0.3 is 0 Å². The van der Waals surface area contributed by atoms with Crippen molar-refractivity contribution in [3.05, 3.63) is 29.8 Å². The predicted molar refractivity (Wildman–Crippen MR) is 74.3 cm³/mol. The number of aliphatic hydroxyl groups is 1. The average molecular weight is 296 g/mol. The van der Waals surface area contributed by atoms with Crippen molar-refractivity contribution in [1.82, 2.24) is 10.0 Å². The molecular weight excluding hydrogens is 280 g/mol. The van der Waals surface area contributed by atoms with E-state index in [1.807, 2.05) is 0 Å². The van der Waals surface area contributed by atoms with Crippen molar-refractivity contribution in [2.45, 2.75) is 11.8 Å². The fourth-order valence-corrected chi connectivity index (χ4v) is 2.47. The van der Waals surface area contributed by atoms with Gasteiger partial charge in [0.05, 0.1) is 4.90 Å². The number of carbonyl (C=O) groups excluding carboxylic acids is 1. The smallest absolute Gasteiger partial charge is 0.240 e. The third-order valence-electron chi connectivity index (χ3n) is 2.25. The van der Waals surface area contributed by atoms with E-state index in [1.54, 1.807) is 12.1 Å². The van der Waals surface area contributed by atoms with Crippen molar-refractivity contribution in [1.29, 1.82) is 0 Å². The molecule has 1 amide bonds. The van der Waals surface area contributed by atoms with Gasteiger partial charge in [-0.3, -0.25) is 4.79 Å². The number of hydrogen-bond donors (Lipinski definition) is 3. The molecule has 0 aliphatic rings. The van der Waals surface area contributed by atoms with E-state index in [4.69, 9.17) is 5.11 Å². The summed E-state index contributed by atoms with van der Waals surface area (Å²) in [6.45, 7) is 1.40. The third kappa shape index (κ3) is 5.40. The summed E-state index contributed by atoms with van der Waals surface area (Å²) < 4.78 is 26.3. The van der Waals surface area contributed by atoms with Gasteiger partial charge in [-0.15, -0.1) is 0 Å². The largest absolute Gasteiger partial charge is 0.384 e. The SMILES string of the molecule is CC(=O)NCCNS(=O)(=O)c1cccc(C#CCO)c1. The molecule has 6 nitrogen and oxygen atoms in total. The molecular formula is C13H16N2O4S. The Bertz CT molecular complexity index is 629. The summed E-state index contributed by atoms with van der Waals surface area (Å²) in [5.74, 6) is 4.87. The lowest BCUT2D eigenvalue weighted by Gasteiger charge is -2.07. The Kier molecular flexibility index (Phi) is 6.18. The van der Waals surface area contributed by atoms with Crippen molar-refractivity contribution < 1.29 is 18.3 Å². The van der Waals surface area contributed by atoms with Crippen molar-refractivity contribution in [3.8, 4) is 11.8 Å². The highest BCUT2D eigenvalue weighted by atomic mass is 32.2. The standard InChI is InChI=1S/C13H16N2O4S/c1-11(17)14-7-8-15-20(18,19)13-6-2-4-12(10-13)5-3-9-16/h2,4,6,10,15-16H,7-9H2,1H3,(H,14,17). The number of hydrogen-bond acceptors (Lipinski definition) is 4. The van der Waals surface area contributed by atoms with Crippen LogP contribution < -0.4 is 10.0 Å². The molecule has 1 rings (SSSR count). The normalized spacial score (nSPS) is 10.5. The number of nitrogens with one attached hydrogen (secondary N) is 2. The second-order valence-corrected chi connectivity index (χ2v) is 5.64. The van der Waals surface area contributed by atoms with Crippen LogP contribution in [0.25, 0.3) is 0 Å². The van der Waals surface area contributed by atoms with Crippen LogP contribution in [-0.2, 0) is 14.8 Å². The van der Waals surface area contributed by atoms with E-state index < -0.39 is 10.0 Å². The van der Waals surface area contributed by atoms with Gasteiger partial charge < -0.3 is 10.4 Å². The number of amides is 1. The summed E-state index contributed by atoms with van der Waals surface area (Å²) in [6, 6.07) is 6.09. The second kappa shape index (κ2) is 7.65. The van der Waals surface area contributed by atoms with Crippen LogP contribution in [0.4, 0.5) is 0 Å². The summed E-state index contributed by atoms with van der Waals surface area (Å²) in [7, 11) is -3.64. The fraction of sp³-hybridized carbons (Fsp3) is 0.308. The van der Waals surface area contributed by atoms with Crippen molar-refractivity contribution >= 4 is 15.9 Å². The van der Waals surface area contributed by atoms with E-state index in [1.165, 1.54) is 19.1 Å². The van der Waals surface area contributed by atoms with Crippen molar-refractivity contribution in [2.24, 2.45) is 0 Å². The second-order valence-electron chi connectivity index (χ2n) is 3.87. The van der Waals surface area contributed by atoms with E-state index in [-0.39, 0.29) is 30.5 Å². The lowest BCUT2D eigenvalue weighted by molar-refractivity contribution is -0.118. The molecule has 0 aliphatic heterocycles. The van der Waals surface area contributed by atoms with E-state index in [0.29, 0.717) is 5.56 Å². The lowest BCUT2D eigenvalue weighted by Crippen LogP contribution is -2.33. The summed E-state index contributed by atoms with van der Waals surface area (Å²) in [6.07, 6.45) is 0. The van der Waals surface area contributed by atoms with Crippen LogP contribution in [0.2, 0.25) is 0 Å². The third-order valence-corrected chi connectivity index (χ3v) is 3.71. The molecule has 1 aromatic rings. The molecule has 7 heteroatoms. The fourth-order valence-electron chi connectivity index (χ4n) is 1.39. The Labute approximate surface area is 118 Å². The first-order chi connectivity index (χ1) is 9.45. The number of rotatable bonds is 5. The molecule has 20 heavy (non-hydrogen) atoms. The van der Waals surface area contributed by atoms with Gasteiger partial charge in [-0.25, -0.2) is 13.1 Å². The highest BCUT2D eigenvalue weighted by molar-refractivity contribution is 7.89. The highest BCUT2D eigenvalue weighted by Crippen LogP contribution is 2.10.